The molecular weight excluding hydrogens is 398 g/mol. The van der Waals surface area contributed by atoms with Gasteiger partial charge in [0.15, 0.2) is 0 Å². The number of rotatable bonds is 7. The molecule has 0 aliphatic heterocycles. The summed E-state index contributed by atoms with van der Waals surface area (Å²) in [5.41, 5.74) is 2.72. The molecule has 0 bridgehead atoms. The summed E-state index contributed by atoms with van der Waals surface area (Å²) < 4.78 is 0. The Bertz CT molecular complexity index is 1230. The fourth-order valence-electron chi connectivity index (χ4n) is 3.69. The topological polar surface area (TPSA) is 70.2 Å². The molecule has 0 saturated heterocycles. The highest BCUT2D eigenvalue weighted by Crippen LogP contribution is 2.24. The molecule has 0 aliphatic carbocycles. The number of para-hydroxylation sites is 2. The van der Waals surface area contributed by atoms with Gasteiger partial charge in [-0.15, -0.1) is 0 Å². The zero-order chi connectivity index (χ0) is 22.3. The summed E-state index contributed by atoms with van der Waals surface area (Å²) in [4.78, 5) is 25.4. The van der Waals surface area contributed by atoms with Crippen molar-refractivity contribution in [2.45, 2.75) is 13.0 Å². The van der Waals surface area contributed by atoms with E-state index in [0.29, 0.717) is 16.9 Å². The highest BCUT2D eigenvalue weighted by molar-refractivity contribution is 6.10. The van der Waals surface area contributed by atoms with Gasteiger partial charge in [0.05, 0.1) is 17.8 Å². The van der Waals surface area contributed by atoms with E-state index in [9.17, 15) is 9.59 Å². The highest BCUT2D eigenvalue weighted by Gasteiger charge is 2.15. The van der Waals surface area contributed by atoms with Crippen LogP contribution in [0.4, 0.5) is 11.4 Å². The number of amides is 2. The van der Waals surface area contributed by atoms with Crippen molar-refractivity contribution in [2.24, 2.45) is 0 Å². The lowest BCUT2D eigenvalue weighted by Gasteiger charge is -2.17. The first kappa shape index (κ1) is 21.3. The van der Waals surface area contributed by atoms with Gasteiger partial charge in [-0.3, -0.25) is 9.59 Å². The number of hydrogen-bond acceptors (Lipinski definition) is 3. The summed E-state index contributed by atoms with van der Waals surface area (Å²) in [6.45, 7) is 2.16. The molecule has 1 unspecified atom stereocenters. The fourth-order valence-corrected chi connectivity index (χ4v) is 3.69. The van der Waals surface area contributed by atoms with Gasteiger partial charge in [0.2, 0.25) is 5.91 Å². The third-order valence-electron chi connectivity index (χ3n) is 5.34. The maximum atomic E-state index is 12.7. The van der Waals surface area contributed by atoms with Gasteiger partial charge in [-0.05, 0) is 47.5 Å². The Labute approximate surface area is 187 Å². The molecule has 4 aromatic rings. The van der Waals surface area contributed by atoms with E-state index in [1.54, 1.807) is 24.3 Å². The predicted octanol–water partition coefficient (Wildman–Crippen LogP) is 5.38. The Balaban J connectivity index is 1.41. The van der Waals surface area contributed by atoms with Crippen molar-refractivity contribution in [2.75, 3.05) is 17.2 Å². The van der Waals surface area contributed by atoms with Crippen molar-refractivity contribution in [1.29, 1.82) is 0 Å². The lowest BCUT2D eigenvalue weighted by molar-refractivity contribution is -0.115. The van der Waals surface area contributed by atoms with Crippen LogP contribution in [0.15, 0.2) is 97.1 Å². The van der Waals surface area contributed by atoms with Gasteiger partial charge in [0.25, 0.3) is 5.91 Å². The van der Waals surface area contributed by atoms with Crippen LogP contribution in [-0.4, -0.2) is 18.4 Å². The van der Waals surface area contributed by atoms with Gasteiger partial charge < -0.3 is 16.0 Å². The minimum atomic E-state index is -0.274. The monoisotopic (exact) mass is 423 g/mol. The summed E-state index contributed by atoms with van der Waals surface area (Å²) >= 11 is 0. The largest absolute Gasteiger partial charge is 0.324 e. The van der Waals surface area contributed by atoms with Gasteiger partial charge in [0, 0.05) is 11.7 Å². The molecular formula is C27H25N3O2. The molecule has 0 radical (unpaired) electrons. The van der Waals surface area contributed by atoms with Crippen LogP contribution < -0.4 is 16.0 Å². The second-order valence-electron chi connectivity index (χ2n) is 7.58. The quantitative estimate of drug-likeness (QED) is 0.374. The lowest BCUT2D eigenvalue weighted by Crippen LogP contribution is -2.30. The minimum Gasteiger partial charge on any atom is -0.324 e. The second kappa shape index (κ2) is 9.90. The van der Waals surface area contributed by atoms with Crippen LogP contribution in [0.25, 0.3) is 10.8 Å². The summed E-state index contributed by atoms with van der Waals surface area (Å²) in [5.74, 6) is -0.485. The van der Waals surface area contributed by atoms with E-state index in [1.165, 1.54) is 10.8 Å². The Kier molecular flexibility index (Phi) is 6.58. The first-order valence-electron chi connectivity index (χ1n) is 10.6. The number of nitrogens with one attached hydrogen (secondary N) is 3. The van der Waals surface area contributed by atoms with Gasteiger partial charge in [-0.1, -0.05) is 72.8 Å². The summed E-state index contributed by atoms with van der Waals surface area (Å²) in [7, 11) is 0. The minimum absolute atomic E-state index is 0.0107. The van der Waals surface area contributed by atoms with Crippen LogP contribution in [-0.2, 0) is 4.79 Å². The number of anilines is 2. The maximum Gasteiger partial charge on any atom is 0.257 e. The highest BCUT2D eigenvalue weighted by atomic mass is 16.2. The number of benzene rings is 4. The van der Waals surface area contributed by atoms with Crippen LogP contribution >= 0.6 is 0 Å². The molecule has 5 heteroatoms. The van der Waals surface area contributed by atoms with Crippen LogP contribution in [0.1, 0.15) is 28.9 Å². The SMILES string of the molecule is CC(NCC(=O)Nc1ccccc1C(=O)Nc1ccccc1)c1cccc2ccccc12. The van der Waals surface area contributed by atoms with Crippen molar-refractivity contribution in [3.8, 4) is 0 Å². The molecule has 2 amide bonds. The smallest absolute Gasteiger partial charge is 0.257 e. The molecule has 160 valence electrons. The zero-order valence-corrected chi connectivity index (χ0v) is 17.8. The van der Waals surface area contributed by atoms with Crippen molar-refractivity contribution in [3.05, 3.63) is 108 Å². The Morgan fingerprint density at radius 3 is 2.28 bits per heavy atom. The number of hydrogen-bond donors (Lipinski definition) is 3. The Morgan fingerprint density at radius 2 is 1.44 bits per heavy atom. The molecule has 0 fully saturated rings. The average molecular weight is 424 g/mol. The third kappa shape index (κ3) is 5.02. The molecule has 0 spiro atoms. The molecule has 32 heavy (non-hydrogen) atoms. The molecule has 5 nitrogen and oxygen atoms in total. The van der Waals surface area contributed by atoms with Crippen molar-refractivity contribution >= 4 is 34.0 Å². The Morgan fingerprint density at radius 1 is 0.750 bits per heavy atom. The Hall–Kier alpha value is -3.96. The molecule has 0 heterocycles. The number of carbonyl (C=O) groups excluding carboxylic acids is 2. The molecule has 0 aromatic heterocycles. The molecule has 0 saturated carbocycles. The van der Waals surface area contributed by atoms with Crippen LogP contribution in [0.5, 0.6) is 0 Å². The normalized spacial score (nSPS) is 11.7. The predicted molar refractivity (Wildman–Crippen MR) is 130 cm³/mol. The molecule has 4 rings (SSSR count). The molecule has 1 atom stereocenters. The zero-order valence-electron chi connectivity index (χ0n) is 17.8. The summed E-state index contributed by atoms with van der Waals surface area (Å²) in [5, 5.41) is 11.3. The van der Waals surface area contributed by atoms with E-state index in [0.717, 1.165) is 5.56 Å². The number of fused-ring (bicyclic) bond motifs is 1. The van der Waals surface area contributed by atoms with Crippen LogP contribution in [0.3, 0.4) is 0 Å². The standard InChI is InChI=1S/C27H25N3O2/c1-19(22-16-9-11-20-10-5-6-14-23(20)22)28-18-26(31)30-25-17-8-7-15-24(25)27(32)29-21-12-3-2-4-13-21/h2-17,19,28H,18H2,1H3,(H,29,32)(H,30,31). The summed E-state index contributed by atoms with van der Waals surface area (Å²) in [6, 6.07) is 30.6. The van der Waals surface area contributed by atoms with E-state index in [4.69, 9.17) is 0 Å². The molecule has 4 aromatic carbocycles. The van der Waals surface area contributed by atoms with Crippen molar-refractivity contribution in [1.82, 2.24) is 5.32 Å². The first-order valence-corrected chi connectivity index (χ1v) is 10.6. The molecule has 0 aliphatic rings. The van der Waals surface area contributed by atoms with E-state index in [1.807, 2.05) is 55.5 Å². The van der Waals surface area contributed by atoms with Gasteiger partial charge in [-0.25, -0.2) is 0 Å². The molecule has 3 N–H and O–H groups in total. The van der Waals surface area contributed by atoms with E-state index >= 15 is 0 Å². The number of carbonyl (C=O) groups is 2. The van der Waals surface area contributed by atoms with Gasteiger partial charge in [-0.2, -0.15) is 0 Å². The maximum absolute atomic E-state index is 12.7. The van der Waals surface area contributed by atoms with Crippen molar-refractivity contribution in [3.63, 3.8) is 0 Å². The van der Waals surface area contributed by atoms with Crippen LogP contribution in [0, 0.1) is 0 Å². The van der Waals surface area contributed by atoms with Crippen LogP contribution in [0.2, 0.25) is 0 Å². The van der Waals surface area contributed by atoms with E-state index < -0.39 is 0 Å². The first-order chi connectivity index (χ1) is 15.6. The third-order valence-corrected chi connectivity index (χ3v) is 5.34. The van der Waals surface area contributed by atoms with Gasteiger partial charge >= 0.3 is 0 Å². The van der Waals surface area contributed by atoms with Gasteiger partial charge in [0.1, 0.15) is 0 Å². The van der Waals surface area contributed by atoms with Crippen molar-refractivity contribution < 1.29 is 9.59 Å². The van der Waals surface area contributed by atoms with E-state index in [-0.39, 0.29) is 24.4 Å². The fraction of sp³-hybridized carbons (Fsp3) is 0.111. The van der Waals surface area contributed by atoms with E-state index in [2.05, 4.69) is 40.2 Å². The second-order valence-corrected chi connectivity index (χ2v) is 7.58. The summed E-state index contributed by atoms with van der Waals surface area (Å²) in [6.07, 6.45) is 0. The average Bonchev–Trinajstić information content (AvgIpc) is 2.83. The lowest BCUT2D eigenvalue weighted by atomic mass is 10.00.